The molecule has 5 nitrogen and oxygen atoms in total. The Morgan fingerprint density at radius 2 is 2.00 bits per heavy atom. The quantitative estimate of drug-likeness (QED) is 0.677. The van der Waals surface area contributed by atoms with Gasteiger partial charge < -0.3 is 15.4 Å². The molecule has 112 valence electrons. The Balaban J connectivity index is 2.56. The van der Waals surface area contributed by atoms with Crippen LogP contribution < -0.4 is 15.4 Å². The third-order valence-electron chi connectivity index (χ3n) is 2.72. The van der Waals surface area contributed by atoms with E-state index in [0.29, 0.717) is 18.8 Å². The number of nitrogens with one attached hydrogen (secondary N) is 2. The van der Waals surface area contributed by atoms with Gasteiger partial charge in [0.2, 0.25) is 0 Å². The summed E-state index contributed by atoms with van der Waals surface area (Å²) in [5, 5.41) is 6.08. The zero-order valence-electron chi connectivity index (χ0n) is 12.7. The molecule has 0 atom stereocenters. The maximum Gasteiger partial charge on any atom is 0.257 e. The van der Waals surface area contributed by atoms with E-state index in [9.17, 15) is 4.79 Å². The Hall–Kier alpha value is -1.62. The molecule has 20 heavy (non-hydrogen) atoms. The first-order chi connectivity index (χ1) is 9.67. The molecular formula is C15H25N3O2. The van der Waals surface area contributed by atoms with Crippen molar-refractivity contribution in [1.29, 1.82) is 0 Å². The number of hydrogen-bond donors (Lipinski definition) is 2. The van der Waals surface area contributed by atoms with Gasteiger partial charge in [0, 0.05) is 18.8 Å². The van der Waals surface area contributed by atoms with E-state index >= 15 is 0 Å². The zero-order valence-corrected chi connectivity index (χ0v) is 12.7. The summed E-state index contributed by atoms with van der Waals surface area (Å²) < 4.78 is 5.57. The third-order valence-corrected chi connectivity index (χ3v) is 2.72. The summed E-state index contributed by atoms with van der Waals surface area (Å²) in [6.07, 6.45) is 1.99. The molecule has 1 aromatic rings. The summed E-state index contributed by atoms with van der Waals surface area (Å²) >= 11 is 0. The molecule has 0 bridgehead atoms. The second kappa shape index (κ2) is 9.31. The smallest absolute Gasteiger partial charge is 0.257 e. The lowest BCUT2D eigenvalue weighted by Gasteiger charge is -2.12. The van der Waals surface area contributed by atoms with E-state index < -0.39 is 0 Å². The van der Waals surface area contributed by atoms with E-state index in [0.717, 1.165) is 30.8 Å². The lowest BCUT2D eigenvalue weighted by Crippen LogP contribution is -2.29. The SMILES string of the molecule is CCCNCc1nc(C)ccc1OCC(=O)NCCC. The van der Waals surface area contributed by atoms with E-state index in [1.54, 1.807) is 0 Å². The van der Waals surface area contributed by atoms with Crippen molar-refractivity contribution in [3.8, 4) is 5.75 Å². The van der Waals surface area contributed by atoms with Gasteiger partial charge in [-0.05, 0) is 38.4 Å². The number of rotatable bonds is 9. The molecule has 0 spiro atoms. The highest BCUT2D eigenvalue weighted by Crippen LogP contribution is 2.16. The van der Waals surface area contributed by atoms with Crippen LogP contribution in [0.2, 0.25) is 0 Å². The van der Waals surface area contributed by atoms with Gasteiger partial charge >= 0.3 is 0 Å². The average Bonchev–Trinajstić information content (AvgIpc) is 2.44. The predicted octanol–water partition coefficient (Wildman–Crippen LogP) is 1.79. The second-order valence-corrected chi connectivity index (χ2v) is 4.71. The van der Waals surface area contributed by atoms with Gasteiger partial charge in [-0.3, -0.25) is 9.78 Å². The average molecular weight is 279 g/mol. The maximum absolute atomic E-state index is 11.5. The lowest BCUT2D eigenvalue weighted by molar-refractivity contribution is -0.123. The maximum atomic E-state index is 11.5. The number of pyridine rings is 1. The van der Waals surface area contributed by atoms with Crippen molar-refractivity contribution in [2.45, 2.75) is 40.2 Å². The van der Waals surface area contributed by atoms with Gasteiger partial charge in [-0.25, -0.2) is 0 Å². The number of carbonyl (C=O) groups is 1. The molecule has 1 rings (SSSR count). The van der Waals surface area contributed by atoms with Gasteiger partial charge in [-0.2, -0.15) is 0 Å². The molecule has 2 N–H and O–H groups in total. The molecule has 0 aliphatic heterocycles. The molecule has 5 heteroatoms. The first-order valence-corrected chi connectivity index (χ1v) is 7.24. The number of aromatic nitrogens is 1. The molecular weight excluding hydrogens is 254 g/mol. The molecule has 1 heterocycles. The van der Waals surface area contributed by atoms with Gasteiger partial charge in [0.05, 0.1) is 5.69 Å². The number of amides is 1. The fourth-order valence-electron chi connectivity index (χ4n) is 1.70. The first kappa shape index (κ1) is 16.4. The van der Waals surface area contributed by atoms with Crippen LogP contribution in [0.4, 0.5) is 0 Å². The van der Waals surface area contributed by atoms with Crippen LogP contribution in [0.15, 0.2) is 12.1 Å². The van der Waals surface area contributed by atoms with E-state index in [-0.39, 0.29) is 12.5 Å². The molecule has 0 saturated heterocycles. The molecule has 0 unspecified atom stereocenters. The van der Waals surface area contributed by atoms with Crippen LogP contribution in [-0.4, -0.2) is 30.6 Å². The van der Waals surface area contributed by atoms with Crippen molar-refractivity contribution in [2.75, 3.05) is 19.7 Å². The Kier molecular flexibility index (Phi) is 7.65. The third kappa shape index (κ3) is 6.02. The molecule has 0 aliphatic rings. The summed E-state index contributed by atoms with van der Waals surface area (Å²) in [6.45, 7) is 8.38. The van der Waals surface area contributed by atoms with Crippen molar-refractivity contribution in [3.05, 3.63) is 23.5 Å². The Morgan fingerprint density at radius 1 is 1.25 bits per heavy atom. The van der Waals surface area contributed by atoms with Gasteiger partial charge in [0.15, 0.2) is 6.61 Å². The fourth-order valence-corrected chi connectivity index (χ4v) is 1.70. The van der Waals surface area contributed by atoms with Crippen molar-refractivity contribution >= 4 is 5.91 Å². The predicted molar refractivity (Wildman–Crippen MR) is 79.8 cm³/mol. The molecule has 1 aromatic heterocycles. The van der Waals surface area contributed by atoms with Crippen molar-refractivity contribution in [1.82, 2.24) is 15.6 Å². The molecule has 0 aliphatic carbocycles. The minimum absolute atomic E-state index is 0.0333. The minimum Gasteiger partial charge on any atom is -0.482 e. The van der Waals surface area contributed by atoms with E-state index in [2.05, 4.69) is 22.5 Å². The van der Waals surface area contributed by atoms with Crippen molar-refractivity contribution in [3.63, 3.8) is 0 Å². The molecule has 0 radical (unpaired) electrons. The normalized spacial score (nSPS) is 10.3. The largest absolute Gasteiger partial charge is 0.482 e. The van der Waals surface area contributed by atoms with Gasteiger partial charge in [-0.1, -0.05) is 13.8 Å². The minimum atomic E-state index is -0.0973. The van der Waals surface area contributed by atoms with Gasteiger partial charge in [0.1, 0.15) is 5.75 Å². The Morgan fingerprint density at radius 3 is 2.70 bits per heavy atom. The van der Waals surface area contributed by atoms with Gasteiger partial charge in [0.25, 0.3) is 5.91 Å². The second-order valence-electron chi connectivity index (χ2n) is 4.71. The van der Waals surface area contributed by atoms with Crippen molar-refractivity contribution in [2.24, 2.45) is 0 Å². The summed E-state index contributed by atoms with van der Waals surface area (Å²) in [4.78, 5) is 16.0. The van der Waals surface area contributed by atoms with Crippen molar-refractivity contribution < 1.29 is 9.53 Å². The summed E-state index contributed by atoms with van der Waals surface area (Å²) in [5.41, 5.74) is 1.79. The number of aryl methyl sites for hydroxylation is 1. The monoisotopic (exact) mass is 279 g/mol. The highest BCUT2D eigenvalue weighted by molar-refractivity contribution is 5.77. The summed E-state index contributed by atoms with van der Waals surface area (Å²) in [7, 11) is 0. The summed E-state index contributed by atoms with van der Waals surface area (Å²) in [6, 6.07) is 3.76. The topological polar surface area (TPSA) is 63.3 Å². The van der Waals surface area contributed by atoms with Crippen LogP contribution >= 0.6 is 0 Å². The number of carbonyl (C=O) groups excluding carboxylic acids is 1. The van der Waals surface area contributed by atoms with Crippen LogP contribution in [0.25, 0.3) is 0 Å². The summed E-state index contributed by atoms with van der Waals surface area (Å²) in [5.74, 6) is 0.575. The number of ether oxygens (including phenoxy) is 1. The van der Waals surface area contributed by atoms with E-state index in [1.807, 2.05) is 26.0 Å². The van der Waals surface area contributed by atoms with Crippen LogP contribution in [0.3, 0.4) is 0 Å². The standard InChI is InChI=1S/C15H25N3O2/c1-4-8-16-10-13-14(7-6-12(3)18-13)20-11-15(19)17-9-5-2/h6-7,16H,4-5,8-11H2,1-3H3,(H,17,19). The fraction of sp³-hybridized carbons (Fsp3) is 0.600. The van der Waals surface area contributed by atoms with Crippen LogP contribution in [0, 0.1) is 6.92 Å². The van der Waals surface area contributed by atoms with E-state index in [4.69, 9.17) is 4.74 Å². The molecule has 0 fully saturated rings. The van der Waals surface area contributed by atoms with Gasteiger partial charge in [-0.15, -0.1) is 0 Å². The first-order valence-electron chi connectivity index (χ1n) is 7.24. The number of hydrogen-bond acceptors (Lipinski definition) is 4. The molecule has 0 saturated carbocycles. The van der Waals surface area contributed by atoms with E-state index in [1.165, 1.54) is 0 Å². The highest BCUT2D eigenvalue weighted by atomic mass is 16.5. The van der Waals surface area contributed by atoms with Crippen LogP contribution in [0.1, 0.15) is 38.1 Å². The lowest BCUT2D eigenvalue weighted by atomic mass is 10.2. The highest BCUT2D eigenvalue weighted by Gasteiger charge is 2.08. The zero-order chi connectivity index (χ0) is 14.8. The number of nitrogens with zero attached hydrogens (tertiary/aromatic N) is 1. The molecule has 0 aromatic carbocycles. The van der Waals surface area contributed by atoms with Crippen LogP contribution in [0.5, 0.6) is 5.75 Å². The Bertz CT molecular complexity index is 422. The molecule has 1 amide bonds. The Labute approximate surface area is 121 Å². The van der Waals surface area contributed by atoms with Crippen LogP contribution in [-0.2, 0) is 11.3 Å².